The Kier molecular flexibility index (Phi) is 47.1. The molecule has 354 valence electrons. The number of unbranched alkanes of at least 4 members (excludes halogenated alkanes) is 12. The van der Waals surface area contributed by atoms with Gasteiger partial charge < -0.3 is 14.2 Å². The summed E-state index contributed by atoms with van der Waals surface area (Å²) in [5.74, 6) is -1.03. The molecule has 0 N–H and O–H groups in total. The molecular formula is C57H90O6. The van der Waals surface area contributed by atoms with Gasteiger partial charge in [0.25, 0.3) is 0 Å². The molecule has 0 spiro atoms. The summed E-state index contributed by atoms with van der Waals surface area (Å²) in [6, 6.07) is 0. The standard InChI is InChI=1S/C57H90O6/c1-4-7-10-13-16-19-22-25-28-31-34-37-40-43-46-49-55(58)61-52-54(63-57(60)51-48-45-42-39-36-33-30-27-24-21-18-15-12-9-6-3)53-62-56(59)50-47-44-41-38-35-32-29-26-23-20-17-14-11-8-5-2/h7,9-10,12,16-21,25-30,34,36-37,39,54H,4-6,8,11,13-15,22-24,31-33,35,38,40-53H2,1-3H3/b10-7-,12-9-,19-16-,20-17-,21-18-,28-25-,29-26-,30-27-,37-34-,39-36-/t54-/m1/s1. The molecule has 0 radical (unpaired) electrons. The molecule has 0 bridgehead atoms. The second-order valence-corrected chi connectivity index (χ2v) is 16.0. The summed E-state index contributed by atoms with van der Waals surface area (Å²) in [5, 5.41) is 0. The second-order valence-electron chi connectivity index (χ2n) is 16.0. The first-order chi connectivity index (χ1) is 31.0. The Morgan fingerprint density at radius 1 is 0.333 bits per heavy atom. The van der Waals surface area contributed by atoms with E-state index in [9.17, 15) is 14.4 Å². The molecule has 1 atom stereocenters. The fourth-order valence-corrected chi connectivity index (χ4v) is 6.22. The molecule has 0 saturated heterocycles. The van der Waals surface area contributed by atoms with Gasteiger partial charge in [-0.05, 0) is 128 Å². The van der Waals surface area contributed by atoms with Crippen LogP contribution in [0, 0.1) is 0 Å². The second kappa shape index (κ2) is 50.5. The van der Waals surface area contributed by atoms with Gasteiger partial charge in [-0.25, -0.2) is 0 Å². The van der Waals surface area contributed by atoms with E-state index in [4.69, 9.17) is 14.2 Å². The molecular weight excluding hydrogens is 781 g/mol. The van der Waals surface area contributed by atoms with E-state index in [0.717, 1.165) is 122 Å². The van der Waals surface area contributed by atoms with E-state index < -0.39 is 6.10 Å². The van der Waals surface area contributed by atoms with Gasteiger partial charge in [0.2, 0.25) is 0 Å². The molecule has 0 amide bonds. The molecule has 0 heterocycles. The van der Waals surface area contributed by atoms with Crippen LogP contribution in [0.2, 0.25) is 0 Å². The van der Waals surface area contributed by atoms with Gasteiger partial charge >= 0.3 is 17.9 Å². The van der Waals surface area contributed by atoms with Crippen molar-refractivity contribution in [1.29, 1.82) is 0 Å². The summed E-state index contributed by atoms with van der Waals surface area (Å²) in [4.78, 5) is 37.9. The number of esters is 3. The predicted molar refractivity (Wildman–Crippen MR) is 269 cm³/mol. The molecule has 0 aliphatic heterocycles. The maximum absolute atomic E-state index is 12.8. The van der Waals surface area contributed by atoms with Gasteiger partial charge in [-0.1, -0.05) is 174 Å². The molecule has 0 aliphatic rings. The first-order valence-corrected chi connectivity index (χ1v) is 25.0. The van der Waals surface area contributed by atoms with Crippen molar-refractivity contribution < 1.29 is 28.6 Å². The number of hydrogen-bond acceptors (Lipinski definition) is 6. The maximum atomic E-state index is 12.8. The summed E-state index contributed by atoms with van der Waals surface area (Å²) < 4.78 is 16.7. The summed E-state index contributed by atoms with van der Waals surface area (Å²) in [6.45, 7) is 6.27. The molecule has 0 unspecified atom stereocenters. The number of allylic oxidation sites excluding steroid dienone is 20. The fraction of sp³-hybridized carbons (Fsp3) is 0.596. The average Bonchev–Trinajstić information content (AvgIpc) is 3.28. The molecule has 0 aliphatic carbocycles. The predicted octanol–water partition coefficient (Wildman–Crippen LogP) is 16.5. The lowest BCUT2D eigenvalue weighted by molar-refractivity contribution is -0.167. The van der Waals surface area contributed by atoms with E-state index in [1.807, 2.05) is 0 Å². The highest BCUT2D eigenvalue weighted by Gasteiger charge is 2.19. The first kappa shape index (κ1) is 58.8. The zero-order chi connectivity index (χ0) is 45.8. The highest BCUT2D eigenvalue weighted by Crippen LogP contribution is 2.11. The molecule has 63 heavy (non-hydrogen) atoms. The van der Waals surface area contributed by atoms with Crippen molar-refractivity contribution >= 4 is 17.9 Å². The lowest BCUT2D eigenvalue weighted by atomic mass is 10.1. The highest BCUT2D eigenvalue weighted by molar-refractivity contribution is 5.71. The molecule has 0 rings (SSSR count). The van der Waals surface area contributed by atoms with E-state index >= 15 is 0 Å². The van der Waals surface area contributed by atoms with Crippen LogP contribution < -0.4 is 0 Å². The van der Waals surface area contributed by atoms with Gasteiger partial charge in [0.05, 0.1) is 0 Å². The largest absolute Gasteiger partial charge is 0.462 e. The quantitative estimate of drug-likeness (QED) is 0.0263. The Morgan fingerprint density at radius 2 is 0.619 bits per heavy atom. The minimum absolute atomic E-state index is 0.119. The lowest BCUT2D eigenvalue weighted by Crippen LogP contribution is -2.30. The first-order valence-electron chi connectivity index (χ1n) is 25.0. The minimum Gasteiger partial charge on any atom is -0.462 e. The molecule has 0 fully saturated rings. The topological polar surface area (TPSA) is 78.9 Å². The van der Waals surface area contributed by atoms with Crippen LogP contribution in [0.5, 0.6) is 0 Å². The number of carbonyl (C=O) groups excluding carboxylic acids is 3. The van der Waals surface area contributed by atoms with Crippen molar-refractivity contribution in [3.63, 3.8) is 0 Å². The Balaban J connectivity index is 4.57. The van der Waals surface area contributed by atoms with Crippen molar-refractivity contribution in [1.82, 2.24) is 0 Å². The Bertz CT molecular complexity index is 1370. The van der Waals surface area contributed by atoms with E-state index in [0.29, 0.717) is 19.3 Å². The van der Waals surface area contributed by atoms with Crippen LogP contribution in [0.25, 0.3) is 0 Å². The SMILES string of the molecule is CC/C=C\C/C=C\C/C=C\C/C=C\CCCCC(=O)OC[C@H](COC(=O)CCCCCCC/C=C\C/C=C\CCCCC)OC(=O)CCCC/C=C\C/C=C\C/C=C\C/C=C\CC. The molecule has 0 aromatic rings. The van der Waals surface area contributed by atoms with Gasteiger partial charge in [0.15, 0.2) is 6.10 Å². The molecule has 6 nitrogen and oxygen atoms in total. The van der Waals surface area contributed by atoms with E-state index in [1.54, 1.807) is 0 Å². The number of ether oxygens (including phenoxy) is 3. The van der Waals surface area contributed by atoms with Gasteiger partial charge in [0.1, 0.15) is 13.2 Å². The molecule has 6 heteroatoms. The monoisotopic (exact) mass is 871 g/mol. The third kappa shape index (κ3) is 48.7. The van der Waals surface area contributed by atoms with Crippen molar-refractivity contribution in [2.75, 3.05) is 13.2 Å². The summed E-state index contributed by atoms with van der Waals surface area (Å²) in [6.07, 6.45) is 69.0. The third-order valence-corrected chi connectivity index (χ3v) is 9.93. The summed E-state index contributed by atoms with van der Waals surface area (Å²) >= 11 is 0. The smallest absolute Gasteiger partial charge is 0.306 e. The Hall–Kier alpha value is -4.19. The van der Waals surface area contributed by atoms with E-state index in [-0.39, 0.29) is 44.0 Å². The number of rotatable bonds is 43. The Morgan fingerprint density at radius 3 is 1.00 bits per heavy atom. The number of hydrogen-bond donors (Lipinski definition) is 0. The maximum Gasteiger partial charge on any atom is 0.306 e. The lowest BCUT2D eigenvalue weighted by Gasteiger charge is -2.18. The van der Waals surface area contributed by atoms with Gasteiger partial charge in [-0.3, -0.25) is 14.4 Å². The van der Waals surface area contributed by atoms with Crippen molar-refractivity contribution in [3.8, 4) is 0 Å². The van der Waals surface area contributed by atoms with Crippen LogP contribution in [-0.4, -0.2) is 37.2 Å². The van der Waals surface area contributed by atoms with Crippen molar-refractivity contribution in [2.45, 2.75) is 207 Å². The molecule has 0 aromatic heterocycles. The van der Waals surface area contributed by atoms with Gasteiger partial charge in [0, 0.05) is 19.3 Å². The number of carbonyl (C=O) groups is 3. The minimum atomic E-state index is -0.825. The van der Waals surface area contributed by atoms with E-state index in [1.165, 1.54) is 25.7 Å². The molecule has 0 saturated carbocycles. The van der Waals surface area contributed by atoms with Gasteiger partial charge in [-0.2, -0.15) is 0 Å². The third-order valence-electron chi connectivity index (χ3n) is 9.93. The average molecular weight is 871 g/mol. The van der Waals surface area contributed by atoms with Crippen molar-refractivity contribution in [2.24, 2.45) is 0 Å². The van der Waals surface area contributed by atoms with Crippen LogP contribution in [0.1, 0.15) is 201 Å². The fourth-order valence-electron chi connectivity index (χ4n) is 6.22. The van der Waals surface area contributed by atoms with E-state index in [2.05, 4.69) is 142 Å². The Labute approximate surface area is 386 Å². The van der Waals surface area contributed by atoms with Crippen LogP contribution >= 0.6 is 0 Å². The van der Waals surface area contributed by atoms with Crippen LogP contribution in [0.3, 0.4) is 0 Å². The van der Waals surface area contributed by atoms with Crippen molar-refractivity contribution in [3.05, 3.63) is 122 Å². The van der Waals surface area contributed by atoms with Crippen LogP contribution in [0.4, 0.5) is 0 Å². The highest BCUT2D eigenvalue weighted by atomic mass is 16.6. The zero-order valence-electron chi connectivity index (χ0n) is 40.3. The van der Waals surface area contributed by atoms with Crippen LogP contribution in [0.15, 0.2) is 122 Å². The summed E-state index contributed by atoms with van der Waals surface area (Å²) in [5.41, 5.74) is 0. The zero-order valence-corrected chi connectivity index (χ0v) is 40.3. The summed E-state index contributed by atoms with van der Waals surface area (Å²) in [7, 11) is 0. The van der Waals surface area contributed by atoms with Crippen LogP contribution in [-0.2, 0) is 28.6 Å². The van der Waals surface area contributed by atoms with Gasteiger partial charge in [-0.15, -0.1) is 0 Å². The normalized spacial score (nSPS) is 13.1. The molecule has 0 aromatic carbocycles.